The Hall–Kier alpha value is -2.81. The molecular weight excluding hydrogens is 444 g/mol. The van der Waals surface area contributed by atoms with E-state index in [2.05, 4.69) is 21.4 Å². The number of primary amides is 1. The standard InChI is InChI=1S/C23H29ClN6O3/c1-23(2,3)33-22(32)30-8-4-5-11(10-30)20-28-18-17(14(24)9-26-21(18)29-20)27-16-13-7-6-12(13)15(16)19(25)31/h6-7,9,11-13,15-16H,4-5,8,10H2,1-3H3,(H2,25,31)(H2,26,27,28,29)/t11?,12?,13-,15-,16+/m0/s1. The number of nitrogens with one attached hydrogen (secondary N) is 2. The van der Waals surface area contributed by atoms with E-state index < -0.39 is 5.60 Å². The molecule has 2 aliphatic carbocycles. The normalized spacial score (nSPS) is 28.6. The summed E-state index contributed by atoms with van der Waals surface area (Å²) in [7, 11) is 0. The fourth-order valence-electron chi connectivity index (χ4n) is 5.12. The van der Waals surface area contributed by atoms with Crippen LogP contribution >= 0.6 is 11.6 Å². The number of rotatable bonds is 4. The number of aromatic amines is 1. The van der Waals surface area contributed by atoms with Crippen molar-refractivity contribution in [3.05, 3.63) is 29.2 Å². The van der Waals surface area contributed by atoms with Crippen LogP contribution in [0.1, 0.15) is 45.4 Å². The molecule has 0 radical (unpaired) electrons. The van der Waals surface area contributed by atoms with Gasteiger partial charge in [-0.25, -0.2) is 14.8 Å². The lowest BCUT2D eigenvalue weighted by Crippen LogP contribution is -2.61. The van der Waals surface area contributed by atoms with Crippen LogP contribution in [0.25, 0.3) is 11.2 Å². The first-order chi connectivity index (χ1) is 15.6. The van der Waals surface area contributed by atoms with Crippen LogP contribution in [-0.2, 0) is 9.53 Å². The van der Waals surface area contributed by atoms with Gasteiger partial charge in [-0.3, -0.25) is 4.79 Å². The predicted molar refractivity (Wildman–Crippen MR) is 125 cm³/mol. The Labute approximate surface area is 197 Å². The summed E-state index contributed by atoms with van der Waals surface area (Å²) in [6.07, 6.45) is 7.15. The fourth-order valence-corrected chi connectivity index (χ4v) is 5.31. The van der Waals surface area contributed by atoms with Crippen molar-refractivity contribution in [3.63, 3.8) is 0 Å². The van der Waals surface area contributed by atoms with Gasteiger partial charge in [-0.2, -0.15) is 0 Å². The molecule has 176 valence electrons. The van der Waals surface area contributed by atoms with Gasteiger partial charge in [0.05, 0.1) is 22.8 Å². The Balaban J connectivity index is 1.38. The van der Waals surface area contributed by atoms with Gasteiger partial charge in [0.15, 0.2) is 5.65 Å². The zero-order valence-electron chi connectivity index (χ0n) is 19.0. The molecule has 1 saturated carbocycles. The molecule has 10 heteroatoms. The molecule has 0 bridgehead atoms. The molecule has 0 aromatic carbocycles. The highest BCUT2D eigenvalue weighted by Gasteiger charge is 2.55. The number of halogens is 1. The minimum atomic E-state index is -0.538. The maximum atomic E-state index is 12.6. The van der Waals surface area contributed by atoms with E-state index in [0.717, 1.165) is 18.7 Å². The monoisotopic (exact) mass is 472 g/mol. The van der Waals surface area contributed by atoms with Crippen LogP contribution < -0.4 is 11.1 Å². The SMILES string of the molecule is CC(C)(C)OC(=O)N1CCCC(c2nc3ncc(Cl)c(N[C@@H]4[C@H]5C=CC5[C@@H]4C(N)=O)c3[nH]2)C1. The molecule has 2 aromatic heterocycles. The van der Waals surface area contributed by atoms with E-state index in [1.54, 1.807) is 11.1 Å². The number of carbonyl (C=O) groups is 2. The van der Waals surface area contributed by atoms with Crippen LogP contribution in [0, 0.1) is 17.8 Å². The largest absolute Gasteiger partial charge is 0.444 e. The van der Waals surface area contributed by atoms with Crippen molar-refractivity contribution in [1.82, 2.24) is 19.9 Å². The van der Waals surface area contributed by atoms with Gasteiger partial charge in [0.1, 0.15) is 16.9 Å². The number of amides is 2. The highest BCUT2D eigenvalue weighted by Crippen LogP contribution is 2.50. The van der Waals surface area contributed by atoms with Crippen molar-refractivity contribution < 1.29 is 14.3 Å². The molecule has 3 heterocycles. The van der Waals surface area contributed by atoms with E-state index in [1.807, 2.05) is 26.8 Å². The third-order valence-electron chi connectivity index (χ3n) is 6.81. The second kappa shape index (κ2) is 7.90. The summed E-state index contributed by atoms with van der Waals surface area (Å²) in [6, 6.07) is -0.107. The highest BCUT2D eigenvalue weighted by molar-refractivity contribution is 6.34. The van der Waals surface area contributed by atoms with Gasteiger partial charge in [-0.1, -0.05) is 23.8 Å². The number of carbonyl (C=O) groups excluding carboxylic acids is 2. The number of hydrogen-bond donors (Lipinski definition) is 3. The maximum absolute atomic E-state index is 12.6. The Kier molecular flexibility index (Phi) is 5.27. The lowest BCUT2D eigenvalue weighted by atomic mass is 9.54. The smallest absolute Gasteiger partial charge is 0.410 e. The highest BCUT2D eigenvalue weighted by atomic mass is 35.5. The molecule has 2 amide bonds. The van der Waals surface area contributed by atoms with Gasteiger partial charge >= 0.3 is 6.09 Å². The number of anilines is 1. The Morgan fingerprint density at radius 1 is 1.30 bits per heavy atom. The molecule has 2 aromatic rings. The van der Waals surface area contributed by atoms with Crippen molar-refractivity contribution in [1.29, 1.82) is 0 Å². The zero-order chi connectivity index (χ0) is 23.5. The lowest BCUT2D eigenvalue weighted by Gasteiger charge is -2.53. The van der Waals surface area contributed by atoms with Gasteiger partial charge in [0.2, 0.25) is 5.91 Å². The molecule has 4 N–H and O–H groups in total. The minimum absolute atomic E-state index is 0.0353. The van der Waals surface area contributed by atoms with E-state index in [1.165, 1.54) is 0 Å². The summed E-state index contributed by atoms with van der Waals surface area (Å²) in [4.78, 5) is 38.7. The second-order valence-electron chi connectivity index (χ2n) is 10.2. The van der Waals surface area contributed by atoms with Crippen LogP contribution in [0.15, 0.2) is 18.3 Å². The average Bonchev–Trinajstić information content (AvgIpc) is 3.15. The van der Waals surface area contributed by atoms with Gasteiger partial charge in [0, 0.05) is 31.0 Å². The number of aromatic nitrogens is 3. The number of likely N-dealkylation sites (tertiary alicyclic amines) is 1. The number of pyridine rings is 1. The summed E-state index contributed by atoms with van der Waals surface area (Å²) >= 11 is 6.50. The number of ether oxygens (including phenoxy) is 1. The van der Waals surface area contributed by atoms with E-state index in [0.29, 0.717) is 35.0 Å². The summed E-state index contributed by atoms with van der Waals surface area (Å²) < 4.78 is 5.54. The quantitative estimate of drug-likeness (QED) is 0.585. The number of piperidine rings is 1. The van der Waals surface area contributed by atoms with E-state index >= 15 is 0 Å². The van der Waals surface area contributed by atoms with Crippen molar-refractivity contribution in [2.75, 3.05) is 18.4 Å². The molecule has 1 saturated heterocycles. The van der Waals surface area contributed by atoms with Gasteiger partial charge in [0.25, 0.3) is 0 Å². The van der Waals surface area contributed by atoms with Crippen LogP contribution in [0.4, 0.5) is 10.5 Å². The Bertz CT molecular complexity index is 1140. The third-order valence-corrected chi connectivity index (χ3v) is 7.09. The summed E-state index contributed by atoms with van der Waals surface area (Å²) in [5.41, 5.74) is 7.01. The van der Waals surface area contributed by atoms with Crippen molar-refractivity contribution in [3.8, 4) is 0 Å². The predicted octanol–water partition coefficient (Wildman–Crippen LogP) is 3.42. The second-order valence-corrected chi connectivity index (χ2v) is 10.6. The lowest BCUT2D eigenvalue weighted by molar-refractivity contribution is -0.129. The molecular formula is C23H29ClN6O3. The van der Waals surface area contributed by atoms with E-state index in [9.17, 15) is 9.59 Å². The number of fused-ring (bicyclic) bond motifs is 2. The molecule has 2 unspecified atom stereocenters. The first kappa shape index (κ1) is 22.0. The molecule has 5 atom stereocenters. The number of nitrogens with two attached hydrogens (primary N) is 1. The number of H-pyrrole nitrogens is 1. The topological polar surface area (TPSA) is 126 Å². The number of hydrogen-bond acceptors (Lipinski definition) is 6. The van der Waals surface area contributed by atoms with Gasteiger partial charge in [-0.05, 0) is 39.5 Å². The fraction of sp³-hybridized carbons (Fsp3) is 0.565. The molecule has 3 aliphatic rings. The first-order valence-electron chi connectivity index (χ1n) is 11.4. The number of imidazole rings is 1. The van der Waals surface area contributed by atoms with E-state index in [4.69, 9.17) is 27.1 Å². The van der Waals surface area contributed by atoms with Crippen molar-refractivity contribution in [2.45, 2.75) is 51.2 Å². The number of allylic oxidation sites excluding steroid dienone is 1. The summed E-state index contributed by atoms with van der Waals surface area (Å²) in [5, 5.41) is 3.89. The maximum Gasteiger partial charge on any atom is 0.410 e. The first-order valence-corrected chi connectivity index (χ1v) is 11.8. The van der Waals surface area contributed by atoms with Crippen LogP contribution in [0.5, 0.6) is 0 Å². The van der Waals surface area contributed by atoms with Crippen molar-refractivity contribution >= 4 is 40.5 Å². The Morgan fingerprint density at radius 2 is 2.06 bits per heavy atom. The summed E-state index contributed by atoms with van der Waals surface area (Å²) in [5.74, 6) is 0.696. The van der Waals surface area contributed by atoms with E-state index in [-0.39, 0.29) is 41.7 Å². The number of nitrogens with zero attached hydrogens (tertiary/aromatic N) is 3. The third kappa shape index (κ3) is 3.92. The van der Waals surface area contributed by atoms with Crippen LogP contribution in [-0.4, -0.2) is 56.6 Å². The molecule has 33 heavy (non-hydrogen) atoms. The minimum Gasteiger partial charge on any atom is -0.444 e. The van der Waals surface area contributed by atoms with Gasteiger partial charge < -0.3 is 25.7 Å². The molecule has 2 fully saturated rings. The molecule has 5 rings (SSSR count). The Morgan fingerprint density at radius 3 is 2.73 bits per heavy atom. The van der Waals surface area contributed by atoms with Crippen LogP contribution in [0.3, 0.4) is 0 Å². The summed E-state index contributed by atoms with van der Waals surface area (Å²) in [6.45, 7) is 6.77. The zero-order valence-corrected chi connectivity index (χ0v) is 19.7. The average molecular weight is 473 g/mol. The molecule has 0 spiro atoms. The molecule has 9 nitrogen and oxygen atoms in total. The van der Waals surface area contributed by atoms with Crippen LogP contribution in [0.2, 0.25) is 5.02 Å². The molecule has 1 aliphatic heterocycles. The van der Waals surface area contributed by atoms with Crippen molar-refractivity contribution in [2.24, 2.45) is 23.5 Å². The van der Waals surface area contributed by atoms with Gasteiger partial charge in [-0.15, -0.1) is 0 Å².